The van der Waals surface area contributed by atoms with Crippen LogP contribution < -0.4 is 5.32 Å². The van der Waals surface area contributed by atoms with Crippen LogP contribution in [0.4, 0.5) is 5.82 Å². The Morgan fingerprint density at radius 2 is 2.26 bits per heavy atom. The SMILES string of the molecule is CC1(Nc2nc(Cl)nc3sccc23)CCS(=O)(=O)C1. The van der Waals surface area contributed by atoms with Gasteiger partial charge in [0.15, 0.2) is 9.84 Å². The highest BCUT2D eigenvalue weighted by molar-refractivity contribution is 7.91. The highest BCUT2D eigenvalue weighted by Crippen LogP contribution is 2.32. The Bertz CT molecular complexity index is 743. The van der Waals surface area contributed by atoms with E-state index in [0.29, 0.717) is 12.2 Å². The van der Waals surface area contributed by atoms with Crippen LogP contribution in [0, 0.1) is 0 Å². The first-order valence-electron chi connectivity index (χ1n) is 5.76. The Hall–Kier alpha value is -0.920. The molecule has 5 nitrogen and oxygen atoms in total. The molecule has 3 heterocycles. The van der Waals surface area contributed by atoms with E-state index in [1.54, 1.807) is 0 Å². The third kappa shape index (κ3) is 2.54. The molecule has 2 aromatic heterocycles. The third-order valence-corrected chi connectivity index (χ3v) is 6.10. The molecule has 3 rings (SSSR count). The Labute approximate surface area is 119 Å². The molecule has 0 saturated carbocycles. The van der Waals surface area contributed by atoms with E-state index >= 15 is 0 Å². The Morgan fingerprint density at radius 3 is 2.95 bits per heavy atom. The van der Waals surface area contributed by atoms with Gasteiger partial charge in [0.05, 0.1) is 22.4 Å². The summed E-state index contributed by atoms with van der Waals surface area (Å²) >= 11 is 7.37. The molecular weight excluding hydrogens is 306 g/mol. The maximum atomic E-state index is 11.6. The van der Waals surface area contributed by atoms with E-state index in [1.807, 2.05) is 18.4 Å². The Kier molecular flexibility index (Phi) is 2.95. The molecule has 0 bridgehead atoms. The van der Waals surface area contributed by atoms with Crippen molar-refractivity contribution in [2.75, 3.05) is 16.8 Å². The number of aromatic nitrogens is 2. The van der Waals surface area contributed by atoms with Crippen LogP contribution in [-0.4, -0.2) is 35.4 Å². The number of thiophene rings is 1. The monoisotopic (exact) mass is 317 g/mol. The van der Waals surface area contributed by atoms with Gasteiger partial charge in [0.25, 0.3) is 0 Å². The first kappa shape index (κ1) is 13.1. The van der Waals surface area contributed by atoms with Crippen molar-refractivity contribution in [1.82, 2.24) is 9.97 Å². The van der Waals surface area contributed by atoms with Crippen LogP contribution in [0.5, 0.6) is 0 Å². The second-order valence-corrected chi connectivity index (χ2v) is 8.43. The molecule has 2 aromatic rings. The minimum absolute atomic E-state index is 0.118. The average Bonchev–Trinajstić information content (AvgIpc) is 2.83. The lowest BCUT2D eigenvalue weighted by Crippen LogP contribution is -2.36. The van der Waals surface area contributed by atoms with Crippen LogP contribution >= 0.6 is 22.9 Å². The number of halogens is 1. The molecule has 8 heteroatoms. The van der Waals surface area contributed by atoms with Crippen molar-refractivity contribution in [2.24, 2.45) is 0 Å². The fourth-order valence-corrected chi connectivity index (χ4v) is 5.40. The molecule has 0 aliphatic carbocycles. The first-order valence-corrected chi connectivity index (χ1v) is 8.84. The molecule has 0 aromatic carbocycles. The van der Waals surface area contributed by atoms with E-state index in [4.69, 9.17) is 11.6 Å². The Morgan fingerprint density at radius 1 is 1.47 bits per heavy atom. The number of hydrogen-bond donors (Lipinski definition) is 1. The number of hydrogen-bond acceptors (Lipinski definition) is 6. The quantitative estimate of drug-likeness (QED) is 0.861. The van der Waals surface area contributed by atoms with Gasteiger partial charge >= 0.3 is 0 Å². The maximum absolute atomic E-state index is 11.6. The van der Waals surface area contributed by atoms with Crippen molar-refractivity contribution in [3.05, 3.63) is 16.7 Å². The highest BCUT2D eigenvalue weighted by atomic mass is 35.5. The van der Waals surface area contributed by atoms with Crippen LogP contribution in [-0.2, 0) is 9.84 Å². The fraction of sp³-hybridized carbons (Fsp3) is 0.455. The van der Waals surface area contributed by atoms with Crippen molar-refractivity contribution in [2.45, 2.75) is 18.9 Å². The lowest BCUT2D eigenvalue weighted by atomic mass is 10.0. The van der Waals surface area contributed by atoms with Gasteiger partial charge in [0, 0.05) is 0 Å². The van der Waals surface area contributed by atoms with Crippen LogP contribution in [0.1, 0.15) is 13.3 Å². The minimum atomic E-state index is -2.96. The number of fused-ring (bicyclic) bond motifs is 1. The number of nitrogens with zero attached hydrogens (tertiary/aromatic N) is 2. The lowest BCUT2D eigenvalue weighted by Gasteiger charge is -2.24. The topological polar surface area (TPSA) is 72.0 Å². The summed E-state index contributed by atoms with van der Waals surface area (Å²) in [5.74, 6) is 0.936. The van der Waals surface area contributed by atoms with Crippen LogP contribution in [0.15, 0.2) is 11.4 Å². The number of nitrogens with one attached hydrogen (secondary N) is 1. The predicted octanol–water partition coefficient (Wildman–Crippen LogP) is 2.33. The summed E-state index contributed by atoms with van der Waals surface area (Å²) in [6.45, 7) is 1.89. The number of rotatable bonds is 2. The van der Waals surface area contributed by atoms with E-state index < -0.39 is 15.4 Å². The van der Waals surface area contributed by atoms with Gasteiger partial charge in [0.1, 0.15) is 10.6 Å². The molecule has 1 saturated heterocycles. The zero-order valence-corrected chi connectivity index (χ0v) is 12.6. The smallest absolute Gasteiger partial charge is 0.225 e. The molecule has 102 valence electrons. The van der Waals surface area contributed by atoms with E-state index in [2.05, 4.69) is 15.3 Å². The van der Waals surface area contributed by atoms with Crippen LogP contribution in [0.3, 0.4) is 0 Å². The molecule has 0 amide bonds. The highest BCUT2D eigenvalue weighted by Gasteiger charge is 2.38. The van der Waals surface area contributed by atoms with Gasteiger partial charge in [-0.1, -0.05) is 0 Å². The molecular formula is C11H12ClN3O2S2. The van der Waals surface area contributed by atoms with E-state index in [1.165, 1.54) is 11.3 Å². The van der Waals surface area contributed by atoms with Crippen LogP contribution in [0.2, 0.25) is 5.28 Å². The summed E-state index contributed by atoms with van der Waals surface area (Å²) in [6, 6.07) is 1.91. The molecule has 1 aliphatic heterocycles. The van der Waals surface area contributed by atoms with Gasteiger partial charge in [-0.3, -0.25) is 0 Å². The largest absolute Gasteiger partial charge is 0.363 e. The van der Waals surface area contributed by atoms with Crippen molar-refractivity contribution >= 4 is 48.8 Å². The molecule has 1 N–H and O–H groups in total. The summed E-state index contributed by atoms with van der Waals surface area (Å²) in [7, 11) is -2.96. The molecule has 0 spiro atoms. The van der Waals surface area contributed by atoms with Gasteiger partial charge in [-0.2, -0.15) is 0 Å². The summed E-state index contributed by atoms with van der Waals surface area (Å²) in [5.41, 5.74) is -0.495. The molecule has 1 fully saturated rings. The average molecular weight is 318 g/mol. The van der Waals surface area contributed by atoms with Crippen molar-refractivity contribution < 1.29 is 8.42 Å². The van der Waals surface area contributed by atoms with Gasteiger partial charge in [-0.15, -0.1) is 11.3 Å². The van der Waals surface area contributed by atoms with Gasteiger partial charge < -0.3 is 5.32 Å². The van der Waals surface area contributed by atoms with E-state index in [9.17, 15) is 8.42 Å². The lowest BCUT2D eigenvalue weighted by molar-refractivity contribution is 0.572. The third-order valence-electron chi connectivity index (χ3n) is 3.22. The zero-order valence-electron chi connectivity index (χ0n) is 10.2. The van der Waals surface area contributed by atoms with Gasteiger partial charge in [-0.05, 0) is 36.4 Å². The summed E-state index contributed by atoms with van der Waals surface area (Å²) in [5, 5.41) is 6.19. The molecule has 1 aliphatic rings. The van der Waals surface area contributed by atoms with Crippen molar-refractivity contribution in [3.8, 4) is 0 Å². The summed E-state index contributed by atoms with van der Waals surface area (Å²) in [4.78, 5) is 9.12. The van der Waals surface area contributed by atoms with Gasteiger partial charge in [-0.25, -0.2) is 18.4 Å². The molecule has 1 atom stereocenters. The zero-order chi connectivity index (χ0) is 13.7. The second-order valence-electron chi connectivity index (χ2n) is 5.01. The molecule has 19 heavy (non-hydrogen) atoms. The summed E-state index contributed by atoms with van der Waals surface area (Å²) < 4.78 is 23.2. The molecule has 0 radical (unpaired) electrons. The predicted molar refractivity (Wildman–Crippen MR) is 77.7 cm³/mol. The van der Waals surface area contributed by atoms with Crippen molar-refractivity contribution in [1.29, 1.82) is 0 Å². The summed E-state index contributed by atoms with van der Waals surface area (Å²) in [6.07, 6.45) is 0.572. The maximum Gasteiger partial charge on any atom is 0.225 e. The standard InChI is InChI=1S/C11H12ClN3O2S2/c1-11(3-5-19(16,17)6-11)15-8-7-2-4-18-9(7)14-10(12)13-8/h2,4H,3,5-6H2,1H3,(H,13,14,15). The number of sulfone groups is 1. The minimum Gasteiger partial charge on any atom is -0.363 e. The van der Waals surface area contributed by atoms with E-state index in [-0.39, 0.29) is 16.8 Å². The van der Waals surface area contributed by atoms with Crippen LogP contribution in [0.25, 0.3) is 10.2 Å². The first-order chi connectivity index (χ1) is 8.87. The normalized spacial score (nSPS) is 25.8. The second kappa shape index (κ2) is 4.29. The van der Waals surface area contributed by atoms with Gasteiger partial charge in [0.2, 0.25) is 5.28 Å². The molecule has 1 unspecified atom stereocenters. The van der Waals surface area contributed by atoms with E-state index in [0.717, 1.165) is 10.2 Å². The fourth-order valence-electron chi connectivity index (χ4n) is 2.32. The van der Waals surface area contributed by atoms with Crippen molar-refractivity contribution in [3.63, 3.8) is 0 Å². The number of anilines is 1. The Balaban J connectivity index is 2.00.